The number of ether oxygens (including phenoxy) is 2. The van der Waals surface area contributed by atoms with Crippen molar-refractivity contribution in [1.29, 1.82) is 0 Å². The van der Waals surface area contributed by atoms with Gasteiger partial charge >= 0.3 is 0 Å². The molecule has 5 heteroatoms. The average Bonchev–Trinajstić information content (AvgIpc) is 2.90. The quantitative estimate of drug-likeness (QED) is 0.628. The summed E-state index contributed by atoms with van der Waals surface area (Å²) in [4.78, 5) is 4.27. The van der Waals surface area contributed by atoms with Crippen molar-refractivity contribution in [3.05, 3.63) is 24.3 Å². The summed E-state index contributed by atoms with van der Waals surface area (Å²) in [5.41, 5.74) is 6.70. The highest BCUT2D eigenvalue weighted by Gasteiger charge is 2.14. The van der Waals surface area contributed by atoms with Gasteiger partial charge in [0.2, 0.25) is 0 Å². The van der Waals surface area contributed by atoms with Gasteiger partial charge in [0.25, 0.3) is 0 Å². The van der Waals surface area contributed by atoms with Gasteiger partial charge in [-0.05, 0) is 37.1 Å². The lowest BCUT2D eigenvalue weighted by Crippen LogP contribution is -2.24. The lowest BCUT2D eigenvalue weighted by molar-refractivity contribution is 0.118. The Kier molecular flexibility index (Phi) is 4.41. The number of guanidine groups is 1. The second kappa shape index (κ2) is 6.26. The molecule has 2 rings (SSSR count). The van der Waals surface area contributed by atoms with Crippen LogP contribution in [0.1, 0.15) is 12.8 Å². The Labute approximate surface area is 107 Å². The molecule has 1 aliphatic heterocycles. The summed E-state index contributed by atoms with van der Waals surface area (Å²) in [6.45, 7) is 1.46. The first-order chi connectivity index (χ1) is 8.78. The summed E-state index contributed by atoms with van der Waals surface area (Å²) >= 11 is 0. The van der Waals surface area contributed by atoms with Gasteiger partial charge in [-0.15, -0.1) is 0 Å². The molecule has 1 heterocycles. The van der Waals surface area contributed by atoms with Crippen LogP contribution in [0.15, 0.2) is 29.3 Å². The smallest absolute Gasteiger partial charge is 0.193 e. The van der Waals surface area contributed by atoms with E-state index in [-0.39, 0.29) is 6.10 Å². The Balaban J connectivity index is 1.84. The molecule has 0 bridgehead atoms. The van der Waals surface area contributed by atoms with Crippen LogP contribution in [0.2, 0.25) is 0 Å². The first kappa shape index (κ1) is 12.7. The maximum absolute atomic E-state index is 5.81. The number of anilines is 1. The Morgan fingerprint density at radius 3 is 2.89 bits per heavy atom. The first-order valence-electron chi connectivity index (χ1n) is 6.10. The highest BCUT2D eigenvalue weighted by Crippen LogP contribution is 2.15. The zero-order chi connectivity index (χ0) is 12.8. The van der Waals surface area contributed by atoms with Crippen molar-refractivity contribution in [2.24, 2.45) is 10.7 Å². The highest BCUT2D eigenvalue weighted by atomic mass is 16.5. The zero-order valence-corrected chi connectivity index (χ0v) is 10.6. The van der Waals surface area contributed by atoms with E-state index in [1.165, 1.54) is 0 Å². The van der Waals surface area contributed by atoms with E-state index in [4.69, 9.17) is 15.2 Å². The fourth-order valence-corrected chi connectivity index (χ4v) is 1.85. The molecule has 0 unspecified atom stereocenters. The van der Waals surface area contributed by atoms with Crippen LogP contribution in [0.25, 0.3) is 0 Å². The van der Waals surface area contributed by atoms with Gasteiger partial charge in [0.05, 0.1) is 19.8 Å². The number of benzene rings is 1. The second-order valence-electron chi connectivity index (χ2n) is 4.21. The van der Waals surface area contributed by atoms with Crippen molar-refractivity contribution in [1.82, 2.24) is 0 Å². The number of aliphatic imine (C=N–C) groups is 1. The van der Waals surface area contributed by atoms with Crippen molar-refractivity contribution in [3.63, 3.8) is 0 Å². The van der Waals surface area contributed by atoms with Crippen molar-refractivity contribution < 1.29 is 9.47 Å². The van der Waals surface area contributed by atoms with Crippen LogP contribution in [0.3, 0.4) is 0 Å². The fourth-order valence-electron chi connectivity index (χ4n) is 1.85. The fraction of sp³-hybridized carbons (Fsp3) is 0.462. The molecular weight excluding hydrogens is 230 g/mol. The molecule has 0 radical (unpaired) electrons. The summed E-state index contributed by atoms with van der Waals surface area (Å²) in [7, 11) is 1.64. The van der Waals surface area contributed by atoms with Gasteiger partial charge in [0, 0.05) is 12.3 Å². The van der Waals surface area contributed by atoms with Crippen molar-refractivity contribution in [2.75, 3.05) is 25.6 Å². The predicted octanol–water partition coefficient (Wildman–Crippen LogP) is 1.60. The molecule has 1 aromatic carbocycles. The van der Waals surface area contributed by atoms with E-state index in [0.717, 1.165) is 30.9 Å². The van der Waals surface area contributed by atoms with E-state index in [2.05, 4.69) is 10.3 Å². The van der Waals surface area contributed by atoms with Crippen LogP contribution in [-0.4, -0.2) is 32.3 Å². The molecule has 1 aromatic rings. The third-order valence-corrected chi connectivity index (χ3v) is 2.85. The molecule has 0 amide bonds. The molecule has 1 atom stereocenters. The number of methoxy groups -OCH3 is 1. The van der Waals surface area contributed by atoms with Gasteiger partial charge in [-0.1, -0.05) is 0 Å². The molecule has 5 nitrogen and oxygen atoms in total. The monoisotopic (exact) mass is 249 g/mol. The molecule has 0 spiro atoms. The Morgan fingerprint density at radius 2 is 2.28 bits per heavy atom. The number of nitrogens with zero attached hydrogens (tertiary/aromatic N) is 1. The van der Waals surface area contributed by atoms with E-state index < -0.39 is 0 Å². The third-order valence-electron chi connectivity index (χ3n) is 2.85. The lowest BCUT2D eigenvalue weighted by atomic mass is 10.2. The summed E-state index contributed by atoms with van der Waals surface area (Å²) in [5, 5.41) is 3.03. The van der Waals surface area contributed by atoms with E-state index in [0.29, 0.717) is 12.5 Å². The maximum Gasteiger partial charge on any atom is 0.193 e. The Hall–Kier alpha value is -1.75. The molecule has 3 N–H and O–H groups in total. The number of nitrogens with one attached hydrogen (secondary N) is 1. The molecule has 1 saturated heterocycles. The van der Waals surface area contributed by atoms with Crippen molar-refractivity contribution >= 4 is 11.6 Å². The molecule has 1 fully saturated rings. The van der Waals surface area contributed by atoms with Gasteiger partial charge < -0.3 is 20.5 Å². The highest BCUT2D eigenvalue weighted by molar-refractivity contribution is 5.92. The van der Waals surface area contributed by atoms with Crippen molar-refractivity contribution in [3.8, 4) is 5.75 Å². The molecule has 0 aromatic heterocycles. The van der Waals surface area contributed by atoms with Crippen LogP contribution < -0.4 is 15.8 Å². The van der Waals surface area contributed by atoms with Crippen LogP contribution in [0.4, 0.5) is 5.69 Å². The van der Waals surface area contributed by atoms with Gasteiger partial charge in [0.15, 0.2) is 5.96 Å². The minimum Gasteiger partial charge on any atom is -0.497 e. The average molecular weight is 249 g/mol. The standard InChI is InChI=1S/C13H19N3O2/c1-17-11-6-4-10(5-7-11)16-13(14)15-9-12-3-2-8-18-12/h4-7,12H,2-3,8-9H2,1H3,(H3,14,15,16)/t12-/m0/s1. The van der Waals surface area contributed by atoms with Crippen LogP contribution in [0, 0.1) is 0 Å². The van der Waals surface area contributed by atoms with Gasteiger partial charge in [-0.2, -0.15) is 0 Å². The van der Waals surface area contributed by atoms with Gasteiger partial charge in [-0.3, -0.25) is 4.99 Å². The van der Waals surface area contributed by atoms with Crippen LogP contribution in [0.5, 0.6) is 5.75 Å². The number of rotatable bonds is 4. The summed E-state index contributed by atoms with van der Waals surface area (Å²) in [6, 6.07) is 7.53. The van der Waals surface area contributed by atoms with Crippen LogP contribution in [-0.2, 0) is 4.74 Å². The zero-order valence-electron chi connectivity index (χ0n) is 10.6. The summed E-state index contributed by atoms with van der Waals surface area (Å²) in [5.74, 6) is 1.23. The first-order valence-corrected chi connectivity index (χ1v) is 6.10. The second-order valence-corrected chi connectivity index (χ2v) is 4.21. The molecule has 0 saturated carbocycles. The minimum atomic E-state index is 0.223. The SMILES string of the molecule is COc1ccc(NC(N)=NC[C@@H]2CCCO2)cc1. The molecule has 18 heavy (non-hydrogen) atoms. The number of hydrogen-bond donors (Lipinski definition) is 2. The van der Waals surface area contributed by atoms with Crippen molar-refractivity contribution in [2.45, 2.75) is 18.9 Å². The molecule has 98 valence electrons. The largest absolute Gasteiger partial charge is 0.497 e. The number of nitrogens with two attached hydrogens (primary N) is 1. The molecule has 0 aliphatic carbocycles. The van der Waals surface area contributed by atoms with E-state index >= 15 is 0 Å². The van der Waals surface area contributed by atoms with E-state index in [1.807, 2.05) is 24.3 Å². The third kappa shape index (κ3) is 3.63. The molecular formula is C13H19N3O2. The molecule has 1 aliphatic rings. The summed E-state index contributed by atoms with van der Waals surface area (Å²) < 4.78 is 10.6. The van der Waals surface area contributed by atoms with E-state index in [9.17, 15) is 0 Å². The minimum absolute atomic E-state index is 0.223. The predicted molar refractivity (Wildman–Crippen MR) is 72.1 cm³/mol. The van der Waals surface area contributed by atoms with Gasteiger partial charge in [-0.25, -0.2) is 0 Å². The normalized spacial score (nSPS) is 19.8. The summed E-state index contributed by atoms with van der Waals surface area (Å²) in [6.07, 6.45) is 2.41. The topological polar surface area (TPSA) is 68.9 Å². The lowest BCUT2D eigenvalue weighted by Gasteiger charge is -2.08. The number of hydrogen-bond acceptors (Lipinski definition) is 3. The Morgan fingerprint density at radius 1 is 1.50 bits per heavy atom. The van der Waals surface area contributed by atoms with E-state index in [1.54, 1.807) is 7.11 Å². The van der Waals surface area contributed by atoms with Crippen LogP contribution >= 0.6 is 0 Å². The van der Waals surface area contributed by atoms with Gasteiger partial charge in [0.1, 0.15) is 5.75 Å². The Bertz CT molecular complexity index is 397. The maximum atomic E-state index is 5.81.